The molecule has 1 amide bonds. The molecule has 0 saturated heterocycles. The predicted octanol–water partition coefficient (Wildman–Crippen LogP) is 1.15. The number of aromatic nitrogens is 1. The van der Waals surface area contributed by atoms with Gasteiger partial charge in [-0.25, -0.2) is 4.79 Å². The lowest BCUT2D eigenvalue weighted by Gasteiger charge is -2.20. The van der Waals surface area contributed by atoms with E-state index in [0.29, 0.717) is 17.0 Å². The summed E-state index contributed by atoms with van der Waals surface area (Å²) in [6, 6.07) is 8.33. The fourth-order valence-electron chi connectivity index (χ4n) is 2.36. The van der Waals surface area contributed by atoms with Crippen molar-refractivity contribution in [1.29, 1.82) is 0 Å². The maximum Gasteiger partial charge on any atom is 0.354 e. The van der Waals surface area contributed by atoms with Gasteiger partial charge in [-0.3, -0.25) is 9.80 Å². The van der Waals surface area contributed by atoms with E-state index in [4.69, 9.17) is 15.0 Å². The van der Waals surface area contributed by atoms with Crippen molar-refractivity contribution in [3.63, 3.8) is 0 Å². The summed E-state index contributed by atoms with van der Waals surface area (Å²) >= 11 is 0. The van der Waals surface area contributed by atoms with Gasteiger partial charge in [0.1, 0.15) is 24.1 Å². The van der Waals surface area contributed by atoms with Crippen LogP contribution in [0, 0.1) is 6.92 Å². The molecule has 0 saturated carbocycles. The van der Waals surface area contributed by atoms with E-state index in [1.165, 1.54) is 11.2 Å². The third-order valence-electron chi connectivity index (χ3n) is 3.70. The molecule has 1 aromatic carbocycles. The van der Waals surface area contributed by atoms with Crippen molar-refractivity contribution in [2.75, 3.05) is 5.01 Å². The first kappa shape index (κ1) is 15.7. The van der Waals surface area contributed by atoms with Gasteiger partial charge < -0.3 is 15.0 Å². The molecule has 24 heavy (non-hydrogen) atoms. The first-order valence-electron chi connectivity index (χ1n) is 7.34. The van der Waals surface area contributed by atoms with Crippen LogP contribution in [0.15, 0.2) is 46.2 Å². The van der Waals surface area contributed by atoms with Gasteiger partial charge in [-0.1, -0.05) is 23.4 Å². The van der Waals surface area contributed by atoms with Gasteiger partial charge in [0.25, 0.3) is 0 Å². The molecule has 1 aromatic heterocycles. The lowest BCUT2D eigenvalue weighted by Crippen LogP contribution is -2.39. The first-order chi connectivity index (χ1) is 11.6. The number of aryl methyl sites for hydroxylation is 1. The summed E-state index contributed by atoms with van der Waals surface area (Å²) in [6.07, 6.45) is 1.59. The van der Waals surface area contributed by atoms with Gasteiger partial charge in [0.15, 0.2) is 0 Å². The monoisotopic (exact) mass is 328 g/mol. The van der Waals surface area contributed by atoms with Crippen LogP contribution >= 0.6 is 0 Å². The second-order valence-corrected chi connectivity index (χ2v) is 5.33. The van der Waals surface area contributed by atoms with E-state index in [0.717, 1.165) is 0 Å². The fourth-order valence-corrected chi connectivity index (χ4v) is 2.36. The van der Waals surface area contributed by atoms with E-state index in [1.54, 1.807) is 19.1 Å². The molecule has 0 spiro atoms. The van der Waals surface area contributed by atoms with Crippen LogP contribution in [0.25, 0.3) is 0 Å². The molecule has 0 fully saturated rings. The average molecular weight is 328 g/mol. The van der Waals surface area contributed by atoms with E-state index in [-0.39, 0.29) is 18.7 Å². The third-order valence-corrected chi connectivity index (χ3v) is 3.70. The van der Waals surface area contributed by atoms with Gasteiger partial charge in [0, 0.05) is 6.42 Å². The fraction of sp³-hybridized carbons (Fsp3) is 0.250. The summed E-state index contributed by atoms with van der Waals surface area (Å²) in [5, 5.41) is 9.29. The Morgan fingerprint density at radius 1 is 1.38 bits per heavy atom. The highest BCUT2D eigenvalue weighted by Crippen LogP contribution is 2.24. The Balaban J connectivity index is 1.74. The highest BCUT2D eigenvalue weighted by Gasteiger charge is 2.35. The number of carbonyl (C=O) groups excluding carboxylic acids is 2. The van der Waals surface area contributed by atoms with Gasteiger partial charge in [-0.05, 0) is 19.1 Å². The van der Waals surface area contributed by atoms with Crippen LogP contribution < -0.4 is 10.7 Å². The number of nitrogens with zero attached hydrogens (tertiary/aromatic N) is 3. The summed E-state index contributed by atoms with van der Waals surface area (Å²) in [5.74, 6) is -0.572. The molecule has 0 bridgehead atoms. The number of carbonyl (C=O) groups is 2. The van der Waals surface area contributed by atoms with Crippen LogP contribution in [0.1, 0.15) is 17.7 Å². The number of para-hydroxylation sites is 1. The smallest absolute Gasteiger partial charge is 0.354 e. The van der Waals surface area contributed by atoms with E-state index < -0.39 is 17.9 Å². The minimum atomic E-state index is -0.715. The van der Waals surface area contributed by atoms with Crippen LogP contribution in [-0.2, 0) is 20.9 Å². The van der Waals surface area contributed by atoms with E-state index in [9.17, 15) is 9.59 Å². The van der Waals surface area contributed by atoms with Crippen LogP contribution in [-0.4, -0.2) is 28.8 Å². The van der Waals surface area contributed by atoms with Crippen molar-refractivity contribution >= 4 is 23.3 Å². The normalized spacial score (nSPS) is 16.8. The Hall–Kier alpha value is -3.16. The SMILES string of the molecule is Cc1oncc1COC(=O)C1=NN(c2ccccc2)C(C(N)=O)C1. The topological polar surface area (TPSA) is 111 Å². The van der Waals surface area contributed by atoms with Crippen LogP contribution in [0.3, 0.4) is 0 Å². The van der Waals surface area contributed by atoms with Crippen molar-refractivity contribution < 1.29 is 18.8 Å². The lowest BCUT2D eigenvalue weighted by molar-refractivity contribution is -0.136. The van der Waals surface area contributed by atoms with E-state index in [2.05, 4.69) is 10.3 Å². The average Bonchev–Trinajstić information content (AvgIpc) is 3.20. The second kappa shape index (κ2) is 6.53. The number of rotatable bonds is 5. The predicted molar refractivity (Wildman–Crippen MR) is 85.0 cm³/mol. The molecule has 1 aliphatic heterocycles. The van der Waals surface area contributed by atoms with Crippen molar-refractivity contribution in [3.8, 4) is 0 Å². The van der Waals surface area contributed by atoms with Crippen LogP contribution in [0.2, 0.25) is 0 Å². The molecular weight excluding hydrogens is 312 g/mol. The molecule has 8 nitrogen and oxygen atoms in total. The van der Waals surface area contributed by atoms with E-state index >= 15 is 0 Å². The number of anilines is 1. The minimum absolute atomic E-state index is 0.0275. The molecule has 0 radical (unpaired) electrons. The van der Waals surface area contributed by atoms with E-state index in [1.807, 2.05) is 18.2 Å². The zero-order chi connectivity index (χ0) is 17.1. The Kier molecular flexibility index (Phi) is 4.28. The zero-order valence-electron chi connectivity index (χ0n) is 13.0. The van der Waals surface area contributed by atoms with Gasteiger partial charge >= 0.3 is 5.97 Å². The number of primary amides is 1. The summed E-state index contributed by atoms with van der Waals surface area (Å²) in [5.41, 5.74) is 6.94. The Labute approximate surface area is 137 Å². The number of amides is 1. The number of hydrogen-bond donors (Lipinski definition) is 1. The lowest BCUT2D eigenvalue weighted by atomic mass is 10.1. The maximum absolute atomic E-state index is 12.2. The van der Waals surface area contributed by atoms with Gasteiger partial charge in [-0.2, -0.15) is 5.10 Å². The molecule has 3 rings (SSSR count). The Bertz CT molecular complexity index is 784. The first-order valence-corrected chi connectivity index (χ1v) is 7.34. The molecule has 2 aromatic rings. The Morgan fingerprint density at radius 2 is 2.12 bits per heavy atom. The van der Waals surface area contributed by atoms with Gasteiger partial charge in [0.05, 0.1) is 17.4 Å². The number of benzene rings is 1. The number of nitrogens with two attached hydrogens (primary N) is 1. The second-order valence-electron chi connectivity index (χ2n) is 5.33. The van der Waals surface area contributed by atoms with Crippen molar-refractivity contribution in [3.05, 3.63) is 47.9 Å². The highest BCUT2D eigenvalue weighted by atomic mass is 16.5. The molecular formula is C16H16N4O4. The minimum Gasteiger partial charge on any atom is -0.456 e. The number of ether oxygens (including phenoxy) is 1. The molecule has 124 valence electrons. The third kappa shape index (κ3) is 3.12. The molecule has 1 aliphatic rings. The Morgan fingerprint density at radius 3 is 2.75 bits per heavy atom. The molecule has 1 atom stereocenters. The van der Waals surface area contributed by atoms with Crippen molar-refractivity contribution in [2.45, 2.75) is 26.0 Å². The zero-order valence-corrected chi connectivity index (χ0v) is 13.0. The standard InChI is InChI=1S/C16H16N4O4/c1-10-11(8-18-24-10)9-23-16(22)13-7-14(15(17)21)20(19-13)12-5-3-2-4-6-12/h2-6,8,14H,7,9H2,1H3,(H2,17,21). The molecule has 2 heterocycles. The number of hydrazone groups is 1. The summed E-state index contributed by atoms with van der Waals surface area (Å²) in [4.78, 5) is 23.9. The van der Waals surface area contributed by atoms with Gasteiger partial charge in [-0.15, -0.1) is 0 Å². The highest BCUT2D eigenvalue weighted by molar-refractivity contribution is 6.38. The van der Waals surface area contributed by atoms with Gasteiger partial charge in [0.2, 0.25) is 5.91 Å². The number of esters is 1. The largest absolute Gasteiger partial charge is 0.456 e. The summed E-state index contributed by atoms with van der Waals surface area (Å²) in [6.45, 7) is 1.75. The van der Waals surface area contributed by atoms with Crippen molar-refractivity contribution in [2.24, 2.45) is 10.8 Å². The maximum atomic E-state index is 12.2. The van der Waals surface area contributed by atoms with Crippen LogP contribution in [0.4, 0.5) is 5.69 Å². The van der Waals surface area contributed by atoms with Crippen molar-refractivity contribution in [1.82, 2.24) is 5.16 Å². The quantitative estimate of drug-likeness (QED) is 0.824. The summed E-state index contributed by atoms with van der Waals surface area (Å²) < 4.78 is 10.1. The molecule has 0 aliphatic carbocycles. The molecule has 2 N–H and O–H groups in total. The number of hydrogen-bond acceptors (Lipinski definition) is 7. The van der Waals surface area contributed by atoms with Crippen LogP contribution in [0.5, 0.6) is 0 Å². The molecule has 8 heteroatoms. The summed E-state index contributed by atoms with van der Waals surface area (Å²) in [7, 11) is 0. The molecule has 1 unspecified atom stereocenters.